The lowest BCUT2D eigenvalue weighted by Gasteiger charge is -2.20. The number of aliphatic carboxylic acids is 1. The lowest BCUT2D eigenvalue weighted by molar-refractivity contribution is -0.141. The van der Waals surface area contributed by atoms with E-state index in [1.165, 1.54) is 13.8 Å². The van der Waals surface area contributed by atoms with Crippen LogP contribution in [0.4, 0.5) is 0 Å². The molecule has 1 aromatic carbocycles. The summed E-state index contributed by atoms with van der Waals surface area (Å²) in [7, 11) is 0. The molecule has 0 aliphatic heterocycles. The topological polar surface area (TPSA) is 151 Å². The van der Waals surface area contributed by atoms with Gasteiger partial charge in [-0.05, 0) is 19.4 Å². The van der Waals surface area contributed by atoms with Crippen LogP contribution in [0, 0.1) is 0 Å². The third-order valence-corrected chi connectivity index (χ3v) is 3.50. The third-order valence-electron chi connectivity index (χ3n) is 3.50. The molecule has 0 fully saturated rings. The van der Waals surface area contributed by atoms with E-state index in [1.807, 2.05) is 6.07 Å². The number of carbonyl (C=O) groups excluding carboxylic acids is 3. The number of hydrogen-bond acceptors (Lipinski definition) is 5. The Balaban J connectivity index is 2.76. The minimum atomic E-state index is -1.19. The van der Waals surface area contributed by atoms with E-state index in [1.54, 1.807) is 24.3 Å². The van der Waals surface area contributed by atoms with Crippen molar-refractivity contribution in [3.8, 4) is 0 Å². The second-order valence-corrected chi connectivity index (χ2v) is 5.88. The Kier molecular flexibility index (Phi) is 8.23. The fourth-order valence-corrected chi connectivity index (χ4v) is 2.01. The van der Waals surface area contributed by atoms with Crippen molar-refractivity contribution >= 4 is 23.7 Å². The molecule has 0 saturated carbocycles. The zero-order chi connectivity index (χ0) is 19.7. The molecule has 6 N–H and O–H groups in total. The molecule has 0 radical (unpaired) electrons. The number of nitrogens with one attached hydrogen (secondary N) is 3. The number of benzene rings is 1. The Labute approximate surface area is 151 Å². The highest BCUT2D eigenvalue weighted by Gasteiger charge is 2.24. The standard InChI is InChI=1S/C17H24N4O5/c1-10(18)15(23)19-9-14(22)21-13(8-12-6-4-3-5-7-12)16(24)20-11(2)17(25)26/h3-7,10-11,13H,8-9,18H2,1-2H3,(H,19,23)(H,20,24)(H,21,22)(H,25,26). The van der Waals surface area contributed by atoms with Gasteiger partial charge in [-0.2, -0.15) is 0 Å². The van der Waals surface area contributed by atoms with E-state index < -0.39 is 41.8 Å². The first-order valence-electron chi connectivity index (χ1n) is 8.10. The highest BCUT2D eigenvalue weighted by atomic mass is 16.4. The van der Waals surface area contributed by atoms with E-state index in [0.29, 0.717) is 0 Å². The minimum Gasteiger partial charge on any atom is -0.480 e. The van der Waals surface area contributed by atoms with Crippen LogP contribution in [0.25, 0.3) is 0 Å². The van der Waals surface area contributed by atoms with E-state index in [4.69, 9.17) is 10.8 Å². The van der Waals surface area contributed by atoms with Gasteiger partial charge in [-0.3, -0.25) is 19.2 Å². The molecule has 9 nitrogen and oxygen atoms in total. The molecular weight excluding hydrogens is 340 g/mol. The molecule has 3 atom stereocenters. The van der Waals surface area contributed by atoms with Gasteiger partial charge in [0.2, 0.25) is 17.7 Å². The molecule has 1 rings (SSSR count). The Morgan fingerprint density at radius 2 is 1.65 bits per heavy atom. The zero-order valence-electron chi connectivity index (χ0n) is 14.7. The smallest absolute Gasteiger partial charge is 0.325 e. The van der Waals surface area contributed by atoms with Crippen molar-refractivity contribution in [1.82, 2.24) is 16.0 Å². The maximum absolute atomic E-state index is 12.3. The number of carboxylic acid groups (broad SMARTS) is 1. The second-order valence-electron chi connectivity index (χ2n) is 5.88. The first kappa shape index (κ1) is 21.1. The van der Waals surface area contributed by atoms with Gasteiger partial charge in [0.15, 0.2) is 0 Å². The molecule has 0 saturated heterocycles. The van der Waals surface area contributed by atoms with Gasteiger partial charge >= 0.3 is 5.97 Å². The summed E-state index contributed by atoms with van der Waals surface area (Å²) in [6.07, 6.45) is 0.173. The summed E-state index contributed by atoms with van der Waals surface area (Å²) in [6.45, 7) is 2.46. The minimum absolute atomic E-state index is 0.173. The number of rotatable bonds is 9. The van der Waals surface area contributed by atoms with Gasteiger partial charge in [0.1, 0.15) is 12.1 Å². The van der Waals surface area contributed by atoms with Crippen LogP contribution in [0.1, 0.15) is 19.4 Å². The summed E-state index contributed by atoms with van der Waals surface area (Å²) in [5.74, 6) is -2.90. The predicted octanol–water partition coefficient (Wildman–Crippen LogP) is -1.23. The van der Waals surface area contributed by atoms with E-state index in [9.17, 15) is 19.2 Å². The number of amides is 3. The molecule has 3 amide bonds. The van der Waals surface area contributed by atoms with Crippen molar-refractivity contribution in [3.63, 3.8) is 0 Å². The molecule has 9 heteroatoms. The highest BCUT2D eigenvalue weighted by Crippen LogP contribution is 2.04. The van der Waals surface area contributed by atoms with Gasteiger partial charge in [0.05, 0.1) is 12.6 Å². The Bertz CT molecular complexity index is 648. The van der Waals surface area contributed by atoms with E-state index >= 15 is 0 Å². The lowest BCUT2D eigenvalue weighted by atomic mass is 10.0. The molecule has 142 valence electrons. The van der Waals surface area contributed by atoms with Crippen LogP contribution in [0.5, 0.6) is 0 Å². The monoisotopic (exact) mass is 364 g/mol. The lowest BCUT2D eigenvalue weighted by Crippen LogP contribution is -2.53. The molecule has 0 heterocycles. The fourth-order valence-electron chi connectivity index (χ4n) is 2.01. The zero-order valence-corrected chi connectivity index (χ0v) is 14.7. The average Bonchev–Trinajstić information content (AvgIpc) is 2.59. The predicted molar refractivity (Wildman–Crippen MR) is 94.0 cm³/mol. The SMILES string of the molecule is CC(N)C(=O)NCC(=O)NC(Cc1ccccc1)C(=O)NC(C)C(=O)O. The van der Waals surface area contributed by atoms with Crippen molar-refractivity contribution in [2.24, 2.45) is 5.73 Å². The van der Waals surface area contributed by atoms with Crippen molar-refractivity contribution in [3.05, 3.63) is 35.9 Å². The fraction of sp³-hybridized carbons (Fsp3) is 0.412. The third kappa shape index (κ3) is 7.31. The van der Waals surface area contributed by atoms with Crippen LogP contribution < -0.4 is 21.7 Å². The van der Waals surface area contributed by atoms with Crippen LogP contribution in [0.2, 0.25) is 0 Å². The summed E-state index contributed by atoms with van der Waals surface area (Å²) in [4.78, 5) is 46.7. The van der Waals surface area contributed by atoms with Gasteiger partial charge in [-0.1, -0.05) is 30.3 Å². The van der Waals surface area contributed by atoms with Crippen LogP contribution in [-0.4, -0.2) is 53.5 Å². The second kappa shape index (κ2) is 10.1. The Morgan fingerprint density at radius 3 is 2.19 bits per heavy atom. The molecule has 26 heavy (non-hydrogen) atoms. The quantitative estimate of drug-likeness (QED) is 0.370. The Morgan fingerprint density at radius 1 is 1.04 bits per heavy atom. The number of carbonyl (C=O) groups is 4. The van der Waals surface area contributed by atoms with E-state index in [2.05, 4.69) is 16.0 Å². The molecule has 1 aromatic rings. The van der Waals surface area contributed by atoms with Gasteiger partial charge in [-0.25, -0.2) is 0 Å². The molecule has 3 unspecified atom stereocenters. The number of nitrogens with two attached hydrogens (primary N) is 1. The maximum atomic E-state index is 12.3. The molecule has 0 aliphatic carbocycles. The summed E-state index contributed by atoms with van der Waals surface area (Å²) < 4.78 is 0. The molecule has 0 aromatic heterocycles. The first-order chi connectivity index (χ1) is 12.2. The van der Waals surface area contributed by atoms with Crippen molar-refractivity contribution < 1.29 is 24.3 Å². The number of carboxylic acids is 1. The summed E-state index contributed by atoms with van der Waals surface area (Å²) in [5.41, 5.74) is 6.18. The van der Waals surface area contributed by atoms with Crippen LogP contribution in [0.3, 0.4) is 0 Å². The first-order valence-corrected chi connectivity index (χ1v) is 8.10. The van der Waals surface area contributed by atoms with Crippen LogP contribution in [0.15, 0.2) is 30.3 Å². The van der Waals surface area contributed by atoms with Crippen molar-refractivity contribution in [2.75, 3.05) is 6.54 Å². The molecule has 0 aliphatic rings. The van der Waals surface area contributed by atoms with Gasteiger partial charge in [-0.15, -0.1) is 0 Å². The van der Waals surface area contributed by atoms with Gasteiger partial charge in [0, 0.05) is 6.42 Å². The van der Waals surface area contributed by atoms with Crippen molar-refractivity contribution in [2.45, 2.75) is 38.4 Å². The maximum Gasteiger partial charge on any atom is 0.325 e. The highest BCUT2D eigenvalue weighted by molar-refractivity contribution is 5.92. The van der Waals surface area contributed by atoms with Gasteiger partial charge < -0.3 is 26.8 Å². The average molecular weight is 364 g/mol. The van der Waals surface area contributed by atoms with Crippen molar-refractivity contribution in [1.29, 1.82) is 0 Å². The molecule has 0 bridgehead atoms. The van der Waals surface area contributed by atoms with Crippen LogP contribution >= 0.6 is 0 Å². The summed E-state index contributed by atoms with van der Waals surface area (Å²) >= 11 is 0. The Hall–Kier alpha value is -2.94. The van der Waals surface area contributed by atoms with Crippen LogP contribution in [-0.2, 0) is 25.6 Å². The molecule has 0 spiro atoms. The summed E-state index contributed by atoms with van der Waals surface area (Å²) in [5, 5.41) is 16.1. The van der Waals surface area contributed by atoms with E-state index in [0.717, 1.165) is 5.56 Å². The molecular formula is C17H24N4O5. The van der Waals surface area contributed by atoms with Gasteiger partial charge in [0.25, 0.3) is 0 Å². The summed E-state index contributed by atoms with van der Waals surface area (Å²) in [6, 6.07) is 6.10. The largest absolute Gasteiger partial charge is 0.480 e. The normalized spacial score (nSPS) is 13.8. The van der Waals surface area contributed by atoms with E-state index in [-0.39, 0.29) is 13.0 Å². The number of hydrogen-bond donors (Lipinski definition) is 5.